The molecule has 1 heterocycles. The zero-order chi connectivity index (χ0) is 21.1. The minimum Gasteiger partial charge on any atom is -0.466 e. The van der Waals surface area contributed by atoms with E-state index in [0.29, 0.717) is 24.2 Å². The van der Waals surface area contributed by atoms with Gasteiger partial charge in [-0.1, -0.05) is 35.9 Å². The fourth-order valence-electron chi connectivity index (χ4n) is 3.20. The van der Waals surface area contributed by atoms with Crippen molar-refractivity contribution in [2.75, 3.05) is 11.5 Å². The van der Waals surface area contributed by atoms with Crippen LogP contribution in [-0.2, 0) is 25.5 Å². The molecule has 2 aromatic rings. The molecule has 0 aromatic heterocycles. The lowest BCUT2D eigenvalue weighted by Crippen LogP contribution is -2.31. The number of nitrogens with zero attached hydrogens (tertiary/aromatic N) is 1. The average molecular weight is 416 g/mol. The average Bonchev–Trinajstić information content (AvgIpc) is 2.97. The summed E-state index contributed by atoms with van der Waals surface area (Å²) in [5, 5.41) is 0.170. The fraction of sp³-hybridized carbons (Fsp3) is 0.227. The number of carbonyl (C=O) groups excluding carboxylic acids is 3. The molecule has 0 aliphatic carbocycles. The zero-order valence-corrected chi connectivity index (χ0v) is 16.8. The van der Waals surface area contributed by atoms with Gasteiger partial charge in [0.1, 0.15) is 5.82 Å². The summed E-state index contributed by atoms with van der Waals surface area (Å²) < 4.78 is 18.6. The third-order valence-corrected chi connectivity index (χ3v) is 4.96. The molecular weight excluding hydrogens is 397 g/mol. The monoisotopic (exact) mass is 415 g/mol. The van der Waals surface area contributed by atoms with E-state index in [-0.39, 0.29) is 28.7 Å². The molecule has 0 atom stereocenters. The van der Waals surface area contributed by atoms with Crippen LogP contribution in [0.3, 0.4) is 0 Å². The third-order valence-electron chi connectivity index (χ3n) is 4.55. The van der Waals surface area contributed by atoms with Crippen LogP contribution in [0.2, 0.25) is 0 Å². The summed E-state index contributed by atoms with van der Waals surface area (Å²) in [6.45, 7) is 3.34. The number of imide groups is 1. The van der Waals surface area contributed by atoms with Crippen LogP contribution < -0.4 is 4.90 Å². The highest BCUT2D eigenvalue weighted by molar-refractivity contribution is 6.60. The summed E-state index contributed by atoms with van der Waals surface area (Å²) in [7, 11) is 0. The largest absolute Gasteiger partial charge is 0.466 e. The smallest absolute Gasteiger partial charge is 0.306 e. The number of hydrogen-bond acceptors (Lipinski definition) is 4. The highest BCUT2D eigenvalue weighted by atomic mass is 35.5. The molecule has 3 rings (SSSR count). The van der Waals surface area contributed by atoms with Gasteiger partial charge in [0.05, 0.1) is 22.9 Å². The number of hydrogen-bond donors (Lipinski definition) is 0. The lowest BCUT2D eigenvalue weighted by atomic mass is 10.0. The van der Waals surface area contributed by atoms with Crippen LogP contribution >= 0.6 is 11.6 Å². The van der Waals surface area contributed by atoms with E-state index >= 15 is 0 Å². The van der Waals surface area contributed by atoms with Crippen molar-refractivity contribution in [1.82, 2.24) is 0 Å². The van der Waals surface area contributed by atoms with Crippen LogP contribution in [0.15, 0.2) is 42.5 Å². The predicted octanol–water partition coefficient (Wildman–Crippen LogP) is 4.32. The number of benzene rings is 2. The van der Waals surface area contributed by atoms with E-state index in [1.807, 2.05) is 12.1 Å². The number of amides is 2. The number of ether oxygens (including phenoxy) is 1. The second kappa shape index (κ2) is 8.57. The Morgan fingerprint density at radius 2 is 1.83 bits per heavy atom. The summed E-state index contributed by atoms with van der Waals surface area (Å²) >= 11 is 6.52. The van der Waals surface area contributed by atoms with E-state index < -0.39 is 17.6 Å². The van der Waals surface area contributed by atoms with Crippen LogP contribution in [0.4, 0.5) is 10.1 Å². The Bertz CT molecular complexity index is 1010. The molecule has 7 heteroatoms. The Morgan fingerprint density at radius 3 is 2.45 bits per heavy atom. The van der Waals surface area contributed by atoms with Crippen molar-refractivity contribution in [3.05, 3.63) is 65.0 Å². The van der Waals surface area contributed by atoms with Gasteiger partial charge < -0.3 is 4.74 Å². The van der Waals surface area contributed by atoms with Crippen molar-refractivity contribution in [2.24, 2.45) is 0 Å². The van der Waals surface area contributed by atoms with E-state index in [1.165, 1.54) is 19.1 Å². The number of anilines is 1. The SMILES string of the molecule is CCOC(=O)CCc1ccc(C(Cl)=C2C(=O)N(C(C)=O)c3cc(F)ccc32)cc1. The van der Waals surface area contributed by atoms with Crippen LogP contribution in [0.1, 0.15) is 37.0 Å². The normalized spacial score (nSPS) is 14.6. The third kappa shape index (κ3) is 4.22. The van der Waals surface area contributed by atoms with Gasteiger partial charge in [0.25, 0.3) is 5.91 Å². The number of fused-ring (bicyclic) bond motifs is 1. The molecule has 5 nitrogen and oxygen atoms in total. The molecule has 29 heavy (non-hydrogen) atoms. The van der Waals surface area contributed by atoms with Crippen molar-refractivity contribution in [3.63, 3.8) is 0 Å². The Hall–Kier alpha value is -2.99. The molecule has 0 fully saturated rings. The van der Waals surface area contributed by atoms with Crippen molar-refractivity contribution in [2.45, 2.75) is 26.7 Å². The number of carbonyl (C=O) groups is 3. The van der Waals surface area contributed by atoms with E-state index in [2.05, 4.69) is 0 Å². The molecular formula is C22H19ClFNO4. The molecule has 0 radical (unpaired) electrons. The van der Waals surface area contributed by atoms with Crippen molar-refractivity contribution in [3.8, 4) is 0 Å². The van der Waals surface area contributed by atoms with Gasteiger partial charge in [-0.3, -0.25) is 14.4 Å². The molecule has 0 saturated carbocycles. The Kier molecular flexibility index (Phi) is 6.13. The van der Waals surface area contributed by atoms with Crippen molar-refractivity contribution >= 4 is 45.7 Å². The maximum absolute atomic E-state index is 13.7. The van der Waals surface area contributed by atoms with Crippen LogP contribution in [0.25, 0.3) is 10.6 Å². The van der Waals surface area contributed by atoms with E-state index in [1.54, 1.807) is 19.1 Å². The number of halogens is 2. The molecule has 0 spiro atoms. The molecule has 2 aromatic carbocycles. The first-order chi connectivity index (χ1) is 13.8. The highest BCUT2D eigenvalue weighted by Crippen LogP contribution is 2.42. The first kappa shape index (κ1) is 20.7. The predicted molar refractivity (Wildman–Crippen MR) is 109 cm³/mol. The maximum Gasteiger partial charge on any atom is 0.306 e. The van der Waals surface area contributed by atoms with Crippen LogP contribution in [-0.4, -0.2) is 24.4 Å². The van der Waals surface area contributed by atoms with Gasteiger partial charge in [-0.05, 0) is 42.7 Å². The van der Waals surface area contributed by atoms with Gasteiger partial charge in [-0.2, -0.15) is 0 Å². The molecule has 1 aliphatic rings. The first-order valence-electron chi connectivity index (χ1n) is 9.13. The molecule has 0 bridgehead atoms. The van der Waals surface area contributed by atoms with Crippen molar-refractivity contribution in [1.29, 1.82) is 0 Å². The van der Waals surface area contributed by atoms with Gasteiger partial charge in [0.2, 0.25) is 5.91 Å². The molecule has 0 saturated heterocycles. The van der Waals surface area contributed by atoms with E-state index in [4.69, 9.17) is 16.3 Å². The quantitative estimate of drug-likeness (QED) is 0.539. The summed E-state index contributed by atoms with van der Waals surface area (Å²) in [6, 6.07) is 10.9. The maximum atomic E-state index is 13.7. The van der Waals surface area contributed by atoms with Gasteiger partial charge in [0.15, 0.2) is 0 Å². The number of esters is 1. The molecule has 1 aliphatic heterocycles. The standard InChI is InChI=1S/C22H19ClFNO4/c1-3-29-19(27)11-6-14-4-7-15(8-5-14)21(23)20-17-10-9-16(24)12-18(17)25(13(2)26)22(20)28/h4-5,7-10,12H,3,6,11H2,1-2H3. The summed E-state index contributed by atoms with van der Waals surface area (Å²) in [5.41, 5.74) is 2.23. The highest BCUT2D eigenvalue weighted by Gasteiger charge is 2.37. The minimum atomic E-state index is -0.588. The second-order valence-electron chi connectivity index (χ2n) is 6.51. The fourth-order valence-corrected chi connectivity index (χ4v) is 3.51. The summed E-state index contributed by atoms with van der Waals surface area (Å²) in [6.07, 6.45) is 0.791. The topological polar surface area (TPSA) is 63.7 Å². The Balaban J connectivity index is 1.92. The van der Waals surface area contributed by atoms with Gasteiger partial charge in [-0.25, -0.2) is 9.29 Å². The molecule has 150 valence electrons. The number of aryl methyl sites for hydroxylation is 1. The van der Waals surface area contributed by atoms with E-state index in [0.717, 1.165) is 16.5 Å². The minimum absolute atomic E-state index is 0.149. The molecule has 2 amide bonds. The lowest BCUT2D eigenvalue weighted by Gasteiger charge is -2.12. The van der Waals surface area contributed by atoms with Gasteiger partial charge in [0, 0.05) is 18.9 Å². The molecule has 0 unspecified atom stereocenters. The van der Waals surface area contributed by atoms with E-state index in [9.17, 15) is 18.8 Å². The Morgan fingerprint density at radius 1 is 1.14 bits per heavy atom. The lowest BCUT2D eigenvalue weighted by molar-refractivity contribution is -0.143. The van der Waals surface area contributed by atoms with Crippen LogP contribution in [0.5, 0.6) is 0 Å². The number of rotatable bonds is 5. The zero-order valence-electron chi connectivity index (χ0n) is 16.0. The first-order valence-corrected chi connectivity index (χ1v) is 9.51. The second-order valence-corrected chi connectivity index (χ2v) is 6.89. The van der Waals surface area contributed by atoms with Crippen LogP contribution in [0, 0.1) is 5.82 Å². The van der Waals surface area contributed by atoms with Gasteiger partial charge >= 0.3 is 5.97 Å². The molecule has 0 N–H and O–H groups in total. The van der Waals surface area contributed by atoms with Crippen molar-refractivity contribution < 1.29 is 23.5 Å². The Labute approximate surface area is 172 Å². The summed E-state index contributed by atoms with van der Waals surface area (Å²) in [5.74, 6) is -1.92. The van der Waals surface area contributed by atoms with Gasteiger partial charge in [-0.15, -0.1) is 0 Å². The summed E-state index contributed by atoms with van der Waals surface area (Å²) in [4.78, 5) is 37.2.